The summed E-state index contributed by atoms with van der Waals surface area (Å²) in [5, 5.41) is 10.4. The molecule has 0 saturated heterocycles. The minimum atomic E-state index is -0.664. The molecule has 0 radical (unpaired) electrons. The second-order valence-corrected chi connectivity index (χ2v) is 6.62. The fourth-order valence-electron chi connectivity index (χ4n) is 2.01. The molecule has 0 fully saturated rings. The first-order valence-electron chi connectivity index (χ1n) is 6.54. The standard InChI is InChI=1S/C17H20OS/c1-17(2,18)13-16(14-9-5-3-6-10-14)19-15-11-7-4-8-12-15/h3-12,16,18H,13H2,1-2H3. The van der Waals surface area contributed by atoms with Crippen molar-refractivity contribution in [3.05, 3.63) is 66.2 Å². The van der Waals surface area contributed by atoms with Crippen molar-refractivity contribution >= 4 is 11.8 Å². The van der Waals surface area contributed by atoms with Gasteiger partial charge in [-0.15, -0.1) is 11.8 Å². The number of rotatable bonds is 5. The smallest absolute Gasteiger partial charge is 0.0605 e. The van der Waals surface area contributed by atoms with Crippen LogP contribution >= 0.6 is 11.8 Å². The molecule has 19 heavy (non-hydrogen) atoms. The fraction of sp³-hybridized carbons (Fsp3) is 0.294. The summed E-state index contributed by atoms with van der Waals surface area (Å²) >= 11 is 1.81. The normalized spacial score (nSPS) is 13.2. The lowest BCUT2D eigenvalue weighted by molar-refractivity contribution is 0.0705. The largest absolute Gasteiger partial charge is 0.390 e. The molecule has 0 heterocycles. The first-order chi connectivity index (χ1) is 9.04. The average molecular weight is 272 g/mol. The van der Waals surface area contributed by atoms with Crippen molar-refractivity contribution in [3.63, 3.8) is 0 Å². The summed E-state index contributed by atoms with van der Waals surface area (Å²) in [5.41, 5.74) is 0.598. The van der Waals surface area contributed by atoms with Crippen LogP contribution in [0.25, 0.3) is 0 Å². The third kappa shape index (κ3) is 4.73. The summed E-state index contributed by atoms with van der Waals surface area (Å²) in [7, 11) is 0. The van der Waals surface area contributed by atoms with Gasteiger partial charge in [0.05, 0.1) is 5.60 Å². The van der Waals surface area contributed by atoms with Crippen molar-refractivity contribution in [1.29, 1.82) is 0 Å². The highest BCUT2D eigenvalue weighted by molar-refractivity contribution is 7.99. The van der Waals surface area contributed by atoms with Crippen LogP contribution in [0.4, 0.5) is 0 Å². The maximum Gasteiger partial charge on any atom is 0.0605 e. The average Bonchev–Trinajstić information content (AvgIpc) is 2.39. The molecule has 0 saturated carbocycles. The molecule has 0 aromatic heterocycles. The number of hydrogen-bond donors (Lipinski definition) is 1. The molecule has 2 rings (SSSR count). The molecule has 1 N–H and O–H groups in total. The van der Waals surface area contributed by atoms with Crippen LogP contribution in [0, 0.1) is 0 Å². The zero-order chi connectivity index (χ0) is 13.7. The van der Waals surface area contributed by atoms with Crippen LogP contribution in [0.5, 0.6) is 0 Å². The van der Waals surface area contributed by atoms with Gasteiger partial charge in [-0.05, 0) is 38.0 Å². The Kier molecular flexibility index (Phi) is 4.67. The molecule has 1 nitrogen and oxygen atoms in total. The number of benzene rings is 2. The van der Waals surface area contributed by atoms with Crippen LogP contribution in [-0.4, -0.2) is 10.7 Å². The van der Waals surface area contributed by atoms with E-state index in [0.717, 1.165) is 6.42 Å². The van der Waals surface area contributed by atoms with Crippen molar-refractivity contribution in [2.45, 2.75) is 36.0 Å². The maximum absolute atomic E-state index is 10.1. The molecule has 1 unspecified atom stereocenters. The van der Waals surface area contributed by atoms with Crippen LogP contribution in [-0.2, 0) is 0 Å². The molecule has 0 spiro atoms. The van der Waals surface area contributed by atoms with Gasteiger partial charge in [0.2, 0.25) is 0 Å². The summed E-state index contributed by atoms with van der Waals surface area (Å²) in [4.78, 5) is 1.24. The van der Waals surface area contributed by atoms with Gasteiger partial charge in [-0.25, -0.2) is 0 Å². The summed E-state index contributed by atoms with van der Waals surface area (Å²) in [6, 6.07) is 20.8. The molecular weight excluding hydrogens is 252 g/mol. The van der Waals surface area contributed by atoms with Gasteiger partial charge in [0, 0.05) is 10.1 Å². The second kappa shape index (κ2) is 6.27. The first-order valence-corrected chi connectivity index (χ1v) is 7.41. The molecule has 2 heteroatoms. The van der Waals surface area contributed by atoms with Crippen LogP contribution in [0.1, 0.15) is 31.1 Å². The maximum atomic E-state index is 10.1. The number of hydrogen-bond acceptors (Lipinski definition) is 2. The molecular formula is C17H20OS. The van der Waals surface area contributed by atoms with Gasteiger partial charge in [0.1, 0.15) is 0 Å². The second-order valence-electron chi connectivity index (χ2n) is 5.35. The minimum absolute atomic E-state index is 0.267. The lowest BCUT2D eigenvalue weighted by atomic mass is 9.98. The topological polar surface area (TPSA) is 20.2 Å². The van der Waals surface area contributed by atoms with Gasteiger partial charge in [-0.1, -0.05) is 48.5 Å². The van der Waals surface area contributed by atoms with E-state index in [0.29, 0.717) is 0 Å². The molecule has 2 aromatic carbocycles. The van der Waals surface area contributed by atoms with E-state index < -0.39 is 5.60 Å². The Hall–Kier alpha value is -1.25. The summed E-state index contributed by atoms with van der Waals surface area (Å²) in [6.45, 7) is 3.74. The third-order valence-corrected chi connectivity index (χ3v) is 4.15. The quantitative estimate of drug-likeness (QED) is 0.797. The van der Waals surface area contributed by atoms with Gasteiger partial charge in [0.15, 0.2) is 0 Å². The highest BCUT2D eigenvalue weighted by atomic mass is 32.2. The van der Waals surface area contributed by atoms with E-state index in [2.05, 4.69) is 48.5 Å². The predicted octanol–water partition coefficient (Wildman–Crippen LogP) is 4.68. The van der Waals surface area contributed by atoms with Crippen molar-refractivity contribution in [2.24, 2.45) is 0 Å². The molecule has 0 aliphatic heterocycles. The monoisotopic (exact) mass is 272 g/mol. The molecule has 100 valence electrons. The summed E-state index contributed by atoms with van der Waals surface area (Å²) < 4.78 is 0. The van der Waals surface area contributed by atoms with E-state index in [4.69, 9.17) is 0 Å². The zero-order valence-electron chi connectivity index (χ0n) is 11.4. The number of aliphatic hydroxyl groups is 1. The Morgan fingerprint density at radius 3 is 2.00 bits per heavy atom. The SMILES string of the molecule is CC(C)(O)CC(Sc1ccccc1)c1ccccc1. The predicted molar refractivity (Wildman–Crippen MR) is 82.4 cm³/mol. The summed E-state index contributed by atoms with van der Waals surface area (Å²) in [5.74, 6) is 0. The highest BCUT2D eigenvalue weighted by Crippen LogP contribution is 2.40. The van der Waals surface area contributed by atoms with Crippen molar-refractivity contribution in [2.75, 3.05) is 0 Å². The Labute approximate surface area is 119 Å². The van der Waals surface area contributed by atoms with Crippen molar-refractivity contribution in [1.82, 2.24) is 0 Å². The Morgan fingerprint density at radius 1 is 0.947 bits per heavy atom. The molecule has 1 atom stereocenters. The molecule has 0 aliphatic rings. The van der Waals surface area contributed by atoms with E-state index in [1.54, 1.807) is 0 Å². The fourth-order valence-corrected chi connectivity index (χ4v) is 3.44. The van der Waals surface area contributed by atoms with Gasteiger partial charge in [0.25, 0.3) is 0 Å². The van der Waals surface area contributed by atoms with E-state index in [9.17, 15) is 5.11 Å². The highest BCUT2D eigenvalue weighted by Gasteiger charge is 2.22. The summed E-state index contributed by atoms with van der Waals surface area (Å²) in [6.07, 6.45) is 0.733. The van der Waals surface area contributed by atoms with Crippen LogP contribution in [0.3, 0.4) is 0 Å². The Balaban J connectivity index is 2.20. The lowest BCUT2D eigenvalue weighted by Gasteiger charge is -2.25. The lowest BCUT2D eigenvalue weighted by Crippen LogP contribution is -2.21. The van der Waals surface area contributed by atoms with E-state index in [1.165, 1.54) is 10.5 Å². The van der Waals surface area contributed by atoms with E-state index in [-0.39, 0.29) is 5.25 Å². The Morgan fingerprint density at radius 2 is 1.47 bits per heavy atom. The molecule has 0 aliphatic carbocycles. The van der Waals surface area contributed by atoms with Gasteiger partial charge < -0.3 is 5.11 Å². The zero-order valence-corrected chi connectivity index (χ0v) is 12.2. The molecule has 0 bridgehead atoms. The van der Waals surface area contributed by atoms with Crippen LogP contribution in [0.15, 0.2) is 65.6 Å². The Bertz CT molecular complexity index is 488. The third-order valence-electron chi connectivity index (χ3n) is 2.88. The van der Waals surface area contributed by atoms with Crippen molar-refractivity contribution < 1.29 is 5.11 Å². The first kappa shape index (κ1) is 14.2. The molecule has 2 aromatic rings. The molecule has 0 amide bonds. The van der Waals surface area contributed by atoms with Crippen LogP contribution < -0.4 is 0 Å². The van der Waals surface area contributed by atoms with Crippen LogP contribution in [0.2, 0.25) is 0 Å². The van der Waals surface area contributed by atoms with E-state index in [1.807, 2.05) is 37.7 Å². The minimum Gasteiger partial charge on any atom is -0.390 e. The van der Waals surface area contributed by atoms with Gasteiger partial charge >= 0.3 is 0 Å². The van der Waals surface area contributed by atoms with Gasteiger partial charge in [-0.3, -0.25) is 0 Å². The van der Waals surface area contributed by atoms with Crippen molar-refractivity contribution in [3.8, 4) is 0 Å². The number of thioether (sulfide) groups is 1. The van der Waals surface area contributed by atoms with E-state index >= 15 is 0 Å². The van der Waals surface area contributed by atoms with Gasteiger partial charge in [-0.2, -0.15) is 0 Å².